The number of nitrogen functional groups attached to an aromatic ring is 1. The minimum atomic E-state index is -4.74. The Labute approximate surface area is 122 Å². The molecule has 5 nitrogen and oxygen atoms in total. The van der Waals surface area contributed by atoms with Crippen LogP contribution in [0.4, 0.5) is 18.9 Å². The van der Waals surface area contributed by atoms with Crippen molar-refractivity contribution in [1.82, 2.24) is 5.32 Å². The zero-order valence-corrected chi connectivity index (χ0v) is 11.3. The van der Waals surface area contributed by atoms with Crippen molar-refractivity contribution in [2.75, 3.05) is 5.73 Å². The molecule has 4 N–H and O–H groups in total. The van der Waals surface area contributed by atoms with Gasteiger partial charge < -0.3 is 16.2 Å². The Hall–Kier alpha value is -2.22. The zero-order valence-electron chi connectivity index (χ0n) is 10.6. The van der Waals surface area contributed by atoms with Crippen LogP contribution in [0.2, 0.25) is 5.02 Å². The van der Waals surface area contributed by atoms with E-state index >= 15 is 0 Å². The first kappa shape index (κ1) is 16.8. The molecular weight excluding hydrogens is 313 g/mol. The van der Waals surface area contributed by atoms with E-state index in [4.69, 9.17) is 22.4 Å². The summed E-state index contributed by atoms with van der Waals surface area (Å²) in [5, 5.41) is 10.5. The number of halogens is 4. The molecule has 0 unspecified atom stereocenters. The van der Waals surface area contributed by atoms with Gasteiger partial charge in [-0.25, -0.2) is 4.79 Å². The van der Waals surface area contributed by atoms with Gasteiger partial charge in [0.2, 0.25) is 5.91 Å². The van der Waals surface area contributed by atoms with Gasteiger partial charge in [0.1, 0.15) is 5.70 Å². The van der Waals surface area contributed by atoms with Crippen molar-refractivity contribution in [3.05, 3.63) is 34.0 Å². The lowest BCUT2D eigenvalue weighted by molar-refractivity contribution is -0.137. The maximum absolute atomic E-state index is 12.8. The fraction of sp³-hybridized carbons (Fsp3) is 0.167. The maximum Gasteiger partial charge on any atom is 0.418 e. The van der Waals surface area contributed by atoms with Crippen LogP contribution < -0.4 is 11.1 Å². The Morgan fingerprint density at radius 3 is 2.38 bits per heavy atom. The van der Waals surface area contributed by atoms with E-state index in [9.17, 15) is 22.8 Å². The first-order valence-corrected chi connectivity index (χ1v) is 5.79. The minimum Gasteiger partial charge on any atom is -0.477 e. The Morgan fingerprint density at radius 1 is 1.38 bits per heavy atom. The van der Waals surface area contributed by atoms with E-state index in [2.05, 4.69) is 0 Å². The molecule has 0 aromatic heterocycles. The third-order valence-electron chi connectivity index (χ3n) is 2.31. The Morgan fingerprint density at radius 2 is 1.95 bits per heavy atom. The highest BCUT2D eigenvalue weighted by Gasteiger charge is 2.34. The van der Waals surface area contributed by atoms with E-state index in [0.717, 1.165) is 19.1 Å². The highest BCUT2D eigenvalue weighted by Crippen LogP contribution is 2.38. The number of nitrogens with two attached hydrogens (primary N) is 1. The van der Waals surface area contributed by atoms with Crippen molar-refractivity contribution in [3.8, 4) is 0 Å². The first-order chi connectivity index (χ1) is 9.52. The lowest BCUT2D eigenvalue weighted by Gasteiger charge is -2.12. The van der Waals surface area contributed by atoms with E-state index in [1.807, 2.05) is 5.32 Å². The van der Waals surface area contributed by atoms with Crippen molar-refractivity contribution >= 4 is 35.2 Å². The van der Waals surface area contributed by atoms with E-state index in [0.29, 0.717) is 6.07 Å². The number of anilines is 1. The van der Waals surface area contributed by atoms with Gasteiger partial charge in [-0.3, -0.25) is 4.79 Å². The van der Waals surface area contributed by atoms with Crippen LogP contribution in [0.15, 0.2) is 17.8 Å². The number of alkyl halides is 3. The number of amides is 1. The van der Waals surface area contributed by atoms with Gasteiger partial charge in [-0.15, -0.1) is 0 Å². The number of nitrogens with one attached hydrogen (secondary N) is 1. The third kappa shape index (κ3) is 4.38. The molecule has 0 heterocycles. The molecule has 0 saturated carbocycles. The zero-order chi connectivity index (χ0) is 16.4. The summed E-state index contributed by atoms with van der Waals surface area (Å²) in [4.78, 5) is 21.8. The van der Waals surface area contributed by atoms with Gasteiger partial charge in [0, 0.05) is 6.92 Å². The van der Waals surface area contributed by atoms with Crippen LogP contribution in [0.25, 0.3) is 6.08 Å². The monoisotopic (exact) mass is 322 g/mol. The summed E-state index contributed by atoms with van der Waals surface area (Å²) >= 11 is 5.60. The molecule has 1 aromatic rings. The van der Waals surface area contributed by atoms with Crippen LogP contribution in [0.3, 0.4) is 0 Å². The number of benzene rings is 1. The predicted octanol–water partition coefficient (Wildman–Crippen LogP) is 2.50. The number of hydrogen-bond donors (Lipinski definition) is 3. The number of aliphatic carboxylic acids is 1. The molecule has 0 radical (unpaired) electrons. The van der Waals surface area contributed by atoms with Crippen molar-refractivity contribution in [2.45, 2.75) is 13.1 Å². The molecule has 0 aliphatic carbocycles. The Balaban J connectivity index is 3.40. The molecule has 0 atom stereocenters. The van der Waals surface area contributed by atoms with Crippen LogP contribution in [-0.2, 0) is 15.8 Å². The minimum absolute atomic E-state index is 0.160. The molecule has 0 bridgehead atoms. The maximum atomic E-state index is 12.8. The summed E-state index contributed by atoms with van der Waals surface area (Å²) in [5.41, 5.74) is 2.66. The second kappa shape index (κ2) is 6.04. The fourth-order valence-corrected chi connectivity index (χ4v) is 1.69. The standard InChI is InChI=1S/C12H10ClF3N2O3/c1-5(19)18-9(11(20)21)4-6-2-7(12(14,15)16)10(17)8(13)3-6/h2-4H,17H2,1H3,(H,18,19)(H,20,21). The van der Waals surface area contributed by atoms with Gasteiger partial charge in [-0.2, -0.15) is 13.2 Å². The Bertz CT molecular complexity index is 627. The molecule has 21 heavy (non-hydrogen) atoms. The van der Waals surface area contributed by atoms with Gasteiger partial charge in [0.25, 0.3) is 0 Å². The van der Waals surface area contributed by atoms with E-state index < -0.39 is 35.0 Å². The molecule has 0 fully saturated rings. The topological polar surface area (TPSA) is 92.4 Å². The summed E-state index contributed by atoms with van der Waals surface area (Å²) < 4.78 is 38.3. The van der Waals surface area contributed by atoms with Crippen molar-refractivity contribution in [2.24, 2.45) is 0 Å². The van der Waals surface area contributed by atoms with Crippen LogP contribution in [0.5, 0.6) is 0 Å². The molecule has 0 spiro atoms. The molecule has 1 rings (SSSR count). The molecule has 1 amide bonds. The summed E-state index contributed by atoms with van der Waals surface area (Å²) in [6, 6.07) is 1.71. The first-order valence-electron chi connectivity index (χ1n) is 5.41. The van der Waals surface area contributed by atoms with Crippen molar-refractivity contribution < 1.29 is 27.9 Å². The summed E-state index contributed by atoms with van der Waals surface area (Å²) in [6.45, 7) is 1.06. The highest BCUT2D eigenvalue weighted by molar-refractivity contribution is 6.33. The average molecular weight is 323 g/mol. The number of rotatable bonds is 3. The second-order valence-corrected chi connectivity index (χ2v) is 4.41. The predicted molar refractivity (Wildman–Crippen MR) is 70.3 cm³/mol. The summed E-state index contributed by atoms with van der Waals surface area (Å²) in [6.07, 6.45) is -3.89. The van der Waals surface area contributed by atoms with Crippen molar-refractivity contribution in [3.63, 3.8) is 0 Å². The smallest absolute Gasteiger partial charge is 0.418 e. The molecule has 0 saturated heterocycles. The lowest BCUT2D eigenvalue weighted by atomic mass is 10.1. The number of carboxylic acid groups (broad SMARTS) is 1. The van der Waals surface area contributed by atoms with Crippen LogP contribution >= 0.6 is 11.6 Å². The van der Waals surface area contributed by atoms with Gasteiger partial charge in [-0.05, 0) is 23.8 Å². The molecule has 9 heteroatoms. The Kier molecular flexibility index (Phi) is 4.84. The van der Waals surface area contributed by atoms with E-state index in [-0.39, 0.29) is 10.6 Å². The number of carbonyl (C=O) groups is 2. The lowest BCUT2D eigenvalue weighted by Crippen LogP contribution is -2.24. The molecule has 1 aromatic carbocycles. The van der Waals surface area contributed by atoms with Gasteiger partial charge in [0.15, 0.2) is 0 Å². The van der Waals surface area contributed by atoms with Gasteiger partial charge in [0.05, 0.1) is 16.3 Å². The van der Waals surface area contributed by atoms with E-state index in [1.165, 1.54) is 0 Å². The van der Waals surface area contributed by atoms with E-state index in [1.54, 1.807) is 0 Å². The SMILES string of the molecule is CC(=O)NC(=Cc1cc(Cl)c(N)c(C(F)(F)F)c1)C(=O)O. The highest BCUT2D eigenvalue weighted by atomic mass is 35.5. The van der Waals surface area contributed by atoms with Crippen LogP contribution in [0.1, 0.15) is 18.1 Å². The largest absolute Gasteiger partial charge is 0.477 e. The summed E-state index contributed by atoms with van der Waals surface area (Å²) in [7, 11) is 0. The van der Waals surface area contributed by atoms with Gasteiger partial charge in [-0.1, -0.05) is 11.6 Å². The molecular formula is C12H10ClF3N2O3. The molecule has 0 aliphatic heterocycles. The normalized spacial score (nSPS) is 12.1. The molecule has 0 aliphatic rings. The average Bonchev–Trinajstić information content (AvgIpc) is 2.30. The van der Waals surface area contributed by atoms with Crippen LogP contribution in [-0.4, -0.2) is 17.0 Å². The van der Waals surface area contributed by atoms with Gasteiger partial charge >= 0.3 is 12.1 Å². The number of carbonyl (C=O) groups excluding carboxylic acids is 1. The quantitative estimate of drug-likeness (QED) is 0.589. The second-order valence-electron chi connectivity index (χ2n) is 4.01. The third-order valence-corrected chi connectivity index (χ3v) is 2.62. The summed E-state index contributed by atoms with van der Waals surface area (Å²) in [5.74, 6) is -2.19. The number of hydrogen-bond acceptors (Lipinski definition) is 3. The van der Waals surface area contributed by atoms with Crippen molar-refractivity contribution in [1.29, 1.82) is 0 Å². The number of carboxylic acids is 1. The molecule has 114 valence electrons. The van der Waals surface area contributed by atoms with Crippen LogP contribution in [0, 0.1) is 0 Å². The fourth-order valence-electron chi connectivity index (χ4n) is 1.46.